The molecule has 0 atom stereocenters. The van der Waals surface area contributed by atoms with Gasteiger partial charge in [-0.25, -0.2) is 19.9 Å². The molecule has 4 rings (SSSR count). The smallest absolute Gasteiger partial charge is 0.188 e. The summed E-state index contributed by atoms with van der Waals surface area (Å²) in [4.78, 5) is 18.2. The van der Waals surface area contributed by atoms with Crippen molar-refractivity contribution in [2.24, 2.45) is 0 Å². The van der Waals surface area contributed by atoms with Crippen molar-refractivity contribution in [3.63, 3.8) is 0 Å². The van der Waals surface area contributed by atoms with E-state index in [1.165, 1.54) is 0 Å². The van der Waals surface area contributed by atoms with Gasteiger partial charge in [0.05, 0.1) is 10.7 Å². The van der Waals surface area contributed by atoms with Crippen molar-refractivity contribution in [3.05, 3.63) is 62.9 Å². The number of hydrogen-bond acceptors (Lipinski definition) is 7. The van der Waals surface area contributed by atoms with E-state index in [2.05, 4.69) is 19.9 Å². The Morgan fingerprint density at radius 3 is 2.62 bits per heavy atom. The van der Waals surface area contributed by atoms with E-state index in [1.807, 2.05) is 48.0 Å². The summed E-state index contributed by atoms with van der Waals surface area (Å²) < 4.78 is 0. The molecule has 4 nitrogen and oxygen atoms in total. The minimum Gasteiger partial charge on any atom is -0.239 e. The highest BCUT2D eigenvalue weighted by molar-refractivity contribution is 7.98. The van der Waals surface area contributed by atoms with Gasteiger partial charge in [0.2, 0.25) is 0 Å². The summed E-state index contributed by atoms with van der Waals surface area (Å²) >= 11 is 11.0. The van der Waals surface area contributed by atoms with Crippen LogP contribution in [-0.2, 0) is 5.75 Å². The van der Waals surface area contributed by atoms with Crippen LogP contribution in [0.25, 0.3) is 22.1 Å². The maximum Gasteiger partial charge on any atom is 0.188 e. The third-order valence-electron chi connectivity index (χ3n) is 3.55. The van der Waals surface area contributed by atoms with Gasteiger partial charge in [-0.2, -0.15) is 0 Å². The fourth-order valence-electron chi connectivity index (χ4n) is 2.28. The number of rotatable bonds is 5. The number of halogens is 1. The largest absolute Gasteiger partial charge is 0.239 e. The lowest BCUT2D eigenvalue weighted by atomic mass is 10.2. The molecule has 0 aliphatic carbocycles. The Hall–Kier alpha value is -1.80. The van der Waals surface area contributed by atoms with Crippen LogP contribution < -0.4 is 0 Å². The van der Waals surface area contributed by atoms with Crippen LogP contribution >= 0.6 is 46.0 Å². The molecule has 0 saturated heterocycles. The maximum absolute atomic E-state index is 6.21. The summed E-state index contributed by atoms with van der Waals surface area (Å²) in [7, 11) is 0. The minimum absolute atomic E-state index is 0.710. The van der Waals surface area contributed by atoms with Crippen LogP contribution in [0.3, 0.4) is 0 Å². The first-order valence-corrected chi connectivity index (χ1v) is 10.9. The molecule has 0 radical (unpaired) electrons. The van der Waals surface area contributed by atoms with Crippen LogP contribution in [0.1, 0.15) is 10.6 Å². The maximum atomic E-state index is 6.21. The summed E-state index contributed by atoms with van der Waals surface area (Å²) in [6, 6.07) is 9.70. The van der Waals surface area contributed by atoms with Crippen molar-refractivity contribution in [2.75, 3.05) is 0 Å². The van der Waals surface area contributed by atoms with Gasteiger partial charge in [0.1, 0.15) is 16.4 Å². The molecule has 130 valence electrons. The van der Waals surface area contributed by atoms with E-state index in [4.69, 9.17) is 11.6 Å². The molecular weight excluding hydrogens is 404 g/mol. The highest BCUT2D eigenvalue weighted by Gasteiger charge is 2.11. The fourth-order valence-corrected chi connectivity index (χ4v) is 4.84. The first-order valence-electron chi connectivity index (χ1n) is 7.77. The van der Waals surface area contributed by atoms with Crippen molar-refractivity contribution in [3.8, 4) is 22.1 Å². The second kappa shape index (κ2) is 7.84. The zero-order chi connectivity index (χ0) is 17.9. The van der Waals surface area contributed by atoms with Crippen LogP contribution in [0.4, 0.5) is 0 Å². The molecule has 0 amide bonds. The van der Waals surface area contributed by atoms with E-state index >= 15 is 0 Å². The Morgan fingerprint density at radius 1 is 0.962 bits per heavy atom. The minimum atomic E-state index is 0.710. The van der Waals surface area contributed by atoms with Crippen molar-refractivity contribution in [2.45, 2.75) is 17.8 Å². The molecule has 0 aliphatic rings. The summed E-state index contributed by atoms with van der Waals surface area (Å²) in [5, 5.41) is 7.46. The average molecular weight is 417 g/mol. The molecule has 8 heteroatoms. The molecule has 0 aliphatic heterocycles. The predicted octanol–water partition coefficient (Wildman–Crippen LogP) is 5.98. The van der Waals surface area contributed by atoms with Gasteiger partial charge in [0.25, 0.3) is 0 Å². The molecule has 0 N–H and O–H groups in total. The van der Waals surface area contributed by atoms with Gasteiger partial charge < -0.3 is 0 Å². The summed E-state index contributed by atoms with van der Waals surface area (Å²) in [5.74, 6) is 0.726. The molecule has 0 bridgehead atoms. The van der Waals surface area contributed by atoms with Crippen molar-refractivity contribution in [1.82, 2.24) is 19.9 Å². The van der Waals surface area contributed by atoms with Crippen molar-refractivity contribution < 1.29 is 0 Å². The molecule has 3 aromatic heterocycles. The third kappa shape index (κ3) is 3.96. The number of aromatic nitrogens is 4. The highest BCUT2D eigenvalue weighted by Crippen LogP contribution is 2.30. The zero-order valence-electron chi connectivity index (χ0n) is 13.7. The standard InChI is InChI=1S/C18H13ClN4S3/c1-11-21-16(10-24-11)17-22-15(9-25-17)14-6-7-20-18(23-14)26-8-12-4-2-3-5-13(12)19/h2-7,9-10H,8H2,1H3. The second-order valence-corrected chi connectivity index (χ2v) is 8.66. The van der Waals surface area contributed by atoms with E-state index < -0.39 is 0 Å². The number of benzene rings is 1. The van der Waals surface area contributed by atoms with Crippen molar-refractivity contribution >= 4 is 46.0 Å². The SMILES string of the molecule is Cc1nc(-c2nc(-c3ccnc(SCc4ccccc4Cl)n3)cs2)cs1. The Labute approximate surface area is 168 Å². The first kappa shape index (κ1) is 17.6. The molecule has 26 heavy (non-hydrogen) atoms. The molecule has 4 aromatic rings. The van der Waals surface area contributed by atoms with E-state index in [9.17, 15) is 0 Å². The monoisotopic (exact) mass is 416 g/mol. The predicted molar refractivity (Wildman–Crippen MR) is 110 cm³/mol. The second-order valence-electron chi connectivity index (χ2n) is 5.39. The van der Waals surface area contributed by atoms with E-state index in [-0.39, 0.29) is 0 Å². The number of nitrogens with zero attached hydrogens (tertiary/aromatic N) is 4. The Morgan fingerprint density at radius 2 is 1.81 bits per heavy atom. The Balaban J connectivity index is 1.53. The molecule has 0 unspecified atom stereocenters. The molecule has 0 saturated carbocycles. The van der Waals surface area contributed by atoms with Gasteiger partial charge in [-0.15, -0.1) is 22.7 Å². The Kier molecular flexibility index (Phi) is 5.31. The molecular formula is C18H13ClN4S3. The lowest BCUT2D eigenvalue weighted by Gasteiger charge is -2.04. The van der Waals surface area contributed by atoms with Crippen molar-refractivity contribution in [1.29, 1.82) is 0 Å². The zero-order valence-corrected chi connectivity index (χ0v) is 16.9. The molecule has 0 fully saturated rings. The lowest BCUT2D eigenvalue weighted by molar-refractivity contribution is 0.969. The van der Waals surface area contributed by atoms with Crippen LogP contribution in [0, 0.1) is 6.92 Å². The quantitative estimate of drug-likeness (QED) is 0.296. The normalized spacial score (nSPS) is 11.0. The van der Waals surface area contributed by atoms with Gasteiger partial charge in [-0.05, 0) is 24.6 Å². The van der Waals surface area contributed by atoms with Gasteiger partial charge in [-0.1, -0.05) is 41.6 Å². The fraction of sp³-hybridized carbons (Fsp3) is 0.111. The first-order chi connectivity index (χ1) is 12.7. The average Bonchev–Trinajstić information content (AvgIpc) is 3.30. The van der Waals surface area contributed by atoms with E-state index in [0.717, 1.165) is 43.4 Å². The topological polar surface area (TPSA) is 51.6 Å². The van der Waals surface area contributed by atoms with Crippen LogP contribution in [0.5, 0.6) is 0 Å². The van der Waals surface area contributed by atoms with E-state index in [0.29, 0.717) is 5.16 Å². The number of thiazole rings is 2. The number of aryl methyl sites for hydroxylation is 1. The molecule has 1 aromatic carbocycles. The van der Waals surface area contributed by atoms with Gasteiger partial charge in [0.15, 0.2) is 5.16 Å². The lowest BCUT2D eigenvalue weighted by Crippen LogP contribution is -1.91. The Bertz CT molecular complexity index is 1040. The van der Waals surface area contributed by atoms with E-state index in [1.54, 1.807) is 40.6 Å². The van der Waals surface area contributed by atoms with Gasteiger partial charge in [-0.3, -0.25) is 0 Å². The molecule has 0 spiro atoms. The summed E-state index contributed by atoms with van der Waals surface area (Å²) in [6.45, 7) is 2.00. The van der Waals surface area contributed by atoms with Crippen LogP contribution in [0.2, 0.25) is 5.02 Å². The van der Waals surface area contributed by atoms with Crippen LogP contribution in [0.15, 0.2) is 52.4 Å². The van der Waals surface area contributed by atoms with Gasteiger partial charge in [0, 0.05) is 27.7 Å². The molecule has 3 heterocycles. The van der Waals surface area contributed by atoms with Crippen LogP contribution in [-0.4, -0.2) is 19.9 Å². The highest BCUT2D eigenvalue weighted by atomic mass is 35.5. The number of hydrogen-bond donors (Lipinski definition) is 0. The summed E-state index contributed by atoms with van der Waals surface area (Å²) in [6.07, 6.45) is 1.77. The number of thioether (sulfide) groups is 1. The third-order valence-corrected chi connectivity index (χ3v) is 6.47. The summed E-state index contributed by atoms with van der Waals surface area (Å²) in [5.41, 5.74) is 3.66. The van der Waals surface area contributed by atoms with Gasteiger partial charge >= 0.3 is 0 Å².